The van der Waals surface area contributed by atoms with Gasteiger partial charge in [-0.15, -0.1) is 5.10 Å². The van der Waals surface area contributed by atoms with E-state index in [0.29, 0.717) is 23.1 Å². The van der Waals surface area contributed by atoms with Crippen LogP contribution in [0.25, 0.3) is 11.4 Å². The molecule has 6 heteroatoms. The number of pyridine rings is 1. The molecule has 1 unspecified atom stereocenters. The Kier molecular flexibility index (Phi) is 5.40. The van der Waals surface area contributed by atoms with Gasteiger partial charge in [0.1, 0.15) is 17.1 Å². The van der Waals surface area contributed by atoms with Crippen molar-refractivity contribution >= 4 is 0 Å². The zero-order valence-corrected chi connectivity index (χ0v) is 16.0. The Balaban J connectivity index is 1.55. The second-order valence-corrected chi connectivity index (χ2v) is 7.60. The first-order valence-electron chi connectivity index (χ1n) is 9.88. The molecule has 2 aromatic heterocycles. The van der Waals surface area contributed by atoms with E-state index in [4.69, 9.17) is 9.47 Å². The van der Waals surface area contributed by atoms with Crippen LogP contribution in [0.15, 0.2) is 18.5 Å². The second-order valence-electron chi connectivity index (χ2n) is 7.60. The van der Waals surface area contributed by atoms with Gasteiger partial charge in [-0.1, -0.05) is 17.1 Å². The van der Waals surface area contributed by atoms with Crippen LogP contribution in [0.4, 0.5) is 0 Å². The summed E-state index contributed by atoms with van der Waals surface area (Å²) in [5.74, 6) is 7.74. The highest BCUT2D eigenvalue weighted by molar-refractivity contribution is 5.63. The number of ether oxygens (including phenoxy) is 2. The van der Waals surface area contributed by atoms with Crippen LogP contribution in [-0.4, -0.2) is 38.8 Å². The second kappa shape index (κ2) is 8.10. The molecule has 1 saturated carbocycles. The normalized spacial score (nSPS) is 19.6. The lowest BCUT2D eigenvalue weighted by Gasteiger charge is -2.21. The van der Waals surface area contributed by atoms with Crippen molar-refractivity contribution in [3.05, 3.63) is 24.0 Å². The SMILES string of the molecule is CC(C)Oc1cc(C#CC2CC2)cnc1-c1cn(CC2CCCCO2)nn1. The molecule has 27 heavy (non-hydrogen) atoms. The Morgan fingerprint density at radius 2 is 2.19 bits per heavy atom. The van der Waals surface area contributed by atoms with Gasteiger partial charge in [-0.3, -0.25) is 0 Å². The van der Waals surface area contributed by atoms with Gasteiger partial charge < -0.3 is 9.47 Å². The summed E-state index contributed by atoms with van der Waals surface area (Å²) < 4.78 is 13.6. The average molecular weight is 366 g/mol. The summed E-state index contributed by atoms with van der Waals surface area (Å²) in [6, 6.07) is 1.96. The van der Waals surface area contributed by atoms with Crippen molar-refractivity contribution in [3.8, 4) is 29.0 Å². The molecule has 3 heterocycles. The van der Waals surface area contributed by atoms with Crippen molar-refractivity contribution in [1.82, 2.24) is 20.0 Å². The maximum Gasteiger partial charge on any atom is 0.148 e. The minimum Gasteiger partial charge on any atom is -0.489 e. The summed E-state index contributed by atoms with van der Waals surface area (Å²) in [5, 5.41) is 8.57. The van der Waals surface area contributed by atoms with Crippen molar-refractivity contribution in [2.24, 2.45) is 5.92 Å². The van der Waals surface area contributed by atoms with Crippen LogP contribution in [-0.2, 0) is 11.3 Å². The Morgan fingerprint density at radius 3 is 2.93 bits per heavy atom. The zero-order chi connectivity index (χ0) is 18.6. The monoisotopic (exact) mass is 366 g/mol. The molecule has 2 aromatic rings. The molecule has 6 nitrogen and oxygen atoms in total. The highest BCUT2D eigenvalue weighted by Crippen LogP contribution is 2.30. The molecular weight excluding hydrogens is 340 g/mol. The summed E-state index contributed by atoms with van der Waals surface area (Å²) in [6.07, 6.45) is 9.82. The molecule has 0 spiro atoms. The number of hydrogen-bond acceptors (Lipinski definition) is 5. The van der Waals surface area contributed by atoms with Crippen LogP contribution in [0.3, 0.4) is 0 Å². The lowest BCUT2D eigenvalue weighted by molar-refractivity contribution is 0.00370. The van der Waals surface area contributed by atoms with Gasteiger partial charge in [0.25, 0.3) is 0 Å². The molecule has 0 radical (unpaired) electrons. The van der Waals surface area contributed by atoms with Gasteiger partial charge in [0.15, 0.2) is 0 Å². The standard InChI is InChI=1S/C21H26N4O2/c1-15(2)27-20-11-17(9-8-16-6-7-16)12-22-21(20)19-14-25(24-23-19)13-18-5-3-4-10-26-18/h11-12,14-16,18H,3-7,10,13H2,1-2H3. The lowest BCUT2D eigenvalue weighted by atomic mass is 10.1. The highest BCUT2D eigenvalue weighted by atomic mass is 16.5. The molecule has 4 rings (SSSR count). The fourth-order valence-corrected chi connectivity index (χ4v) is 3.12. The Labute approximate surface area is 160 Å². The summed E-state index contributed by atoms with van der Waals surface area (Å²) >= 11 is 0. The van der Waals surface area contributed by atoms with Crippen LogP contribution in [0, 0.1) is 17.8 Å². The third kappa shape index (κ3) is 4.86. The van der Waals surface area contributed by atoms with E-state index in [9.17, 15) is 0 Å². The first-order chi connectivity index (χ1) is 13.2. The smallest absolute Gasteiger partial charge is 0.148 e. The highest BCUT2D eigenvalue weighted by Gasteiger charge is 2.19. The summed E-state index contributed by atoms with van der Waals surface area (Å²) in [7, 11) is 0. The predicted molar refractivity (Wildman–Crippen MR) is 102 cm³/mol. The number of hydrogen-bond donors (Lipinski definition) is 0. The molecule has 2 aliphatic rings. The summed E-state index contributed by atoms with van der Waals surface area (Å²) in [6.45, 7) is 5.56. The maximum absolute atomic E-state index is 5.99. The molecule has 2 fully saturated rings. The number of aromatic nitrogens is 4. The van der Waals surface area contributed by atoms with Gasteiger partial charge in [-0.2, -0.15) is 0 Å². The van der Waals surface area contributed by atoms with Crippen molar-refractivity contribution in [2.75, 3.05) is 6.61 Å². The van der Waals surface area contributed by atoms with Crippen molar-refractivity contribution < 1.29 is 9.47 Å². The van der Waals surface area contributed by atoms with Gasteiger partial charge in [-0.25, -0.2) is 9.67 Å². The van der Waals surface area contributed by atoms with Crippen molar-refractivity contribution in [3.63, 3.8) is 0 Å². The molecule has 0 bridgehead atoms. The molecule has 0 aromatic carbocycles. The molecule has 1 atom stereocenters. The molecule has 0 N–H and O–H groups in total. The van der Waals surface area contributed by atoms with E-state index in [1.807, 2.05) is 30.8 Å². The van der Waals surface area contributed by atoms with Crippen LogP contribution in [0.1, 0.15) is 51.5 Å². The van der Waals surface area contributed by atoms with E-state index in [1.165, 1.54) is 19.3 Å². The third-order valence-corrected chi connectivity index (χ3v) is 4.66. The van der Waals surface area contributed by atoms with E-state index in [1.54, 1.807) is 6.20 Å². The zero-order valence-electron chi connectivity index (χ0n) is 16.0. The first kappa shape index (κ1) is 18.0. The average Bonchev–Trinajstić information content (AvgIpc) is 3.38. The van der Waals surface area contributed by atoms with Gasteiger partial charge >= 0.3 is 0 Å². The van der Waals surface area contributed by atoms with Crippen molar-refractivity contribution in [1.29, 1.82) is 0 Å². The fraction of sp³-hybridized carbons (Fsp3) is 0.571. The van der Waals surface area contributed by atoms with Crippen LogP contribution >= 0.6 is 0 Å². The van der Waals surface area contributed by atoms with E-state index in [-0.39, 0.29) is 12.2 Å². The Morgan fingerprint density at radius 1 is 1.30 bits per heavy atom. The van der Waals surface area contributed by atoms with E-state index >= 15 is 0 Å². The van der Waals surface area contributed by atoms with E-state index in [2.05, 4.69) is 27.1 Å². The van der Waals surface area contributed by atoms with E-state index in [0.717, 1.165) is 31.6 Å². The van der Waals surface area contributed by atoms with Gasteiger partial charge in [0, 0.05) is 24.3 Å². The Hall–Kier alpha value is -2.39. The number of rotatable bonds is 5. The molecular formula is C21H26N4O2. The fourth-order valence-electron chi connectivity index (χ4n) is 3.12. The number of nitrogens with zero attached hydrogens (tertiary/aromatic N) is 4. The minimum atomic E-state index is 0.0443. The molecule has 0 amide bonds. The first-order valence-corrected chi connectivity index (χ1v) is 9.88. The quantitative estimate of drug-likeness (QED) is 0.759. The maximum atomic E-state index is 5.99. The topological polar surface area (TPSA) is 62.1 Å². The predicted octanol–water partition coefficient (Wildman–Crippen LogP) is 3.46. The molecule has 1 saturated heterocycles. The third-order valence-electron chi connectivity index (χ3n) is 4.66. The largest absolute Gasteiger partial charge is 0.489 e. The van der Waals surface area contributed by atoms with E-state index < -0.39 is 0 Å². The summed E-state index contributed by atoms with van der Waals surface area (Å²) in [4.78, 5) is 4.59. The lowest BCUT2D eigenvalue weighted by Crippen LogP contribution is -2.24. The van der Waals surface area contributed by atoms with Gasteiger partial charge in [0.2, 0.25) is 0 Å². The van der Waals surface area contributed by atoms with Crippen LogP contribution in [0.2, 0.25) is 0 Å². The molecule has 1 aliphatic heterocycles. The van der Waals surface area contributed by atoms with Crippen molar-refractivity contribution in [2.45, 2.75) is 64.7 Å². The Bertz CT molecular complexity index is 839. The van der Waals surface area contributed by atoms with Gasteiger partial charge in [0.05, 0.1) is 24.9 Å². The molecule has 1 aliphatic carbocycles. The van der Waals surface area contributed by atoms with Crippen LogP contribution in [0.5, 0.6) is 5.75 Å². The van der Waals surface area contributed by atoms with Crippen LogP contribution < -0.4 is 4.74 Å². The minimum absolute atomic E-state index is 0.0443. The summed E-state index contributed by atoms with van der Waals surface area (Å²) in [5.41, 5.74) is 2.30. The van der Waals surface area contributed by atoms with Gasteiger partial charge in [-0.05, 0) is 52.0 Å². The molecule has 142 valence electrons.